The number of anilines is 3. The fourth-order valence-electron chi connectivity index (χ4n) is 5.07. The number of hydrogen-bond donors (Lipinski definition) is 2. The number of hydrogen-bond acceptors (Lipinski definition) is 9. The van der Waals surface area contributed by atoms with E-state index in [0.717, 1.165) is 26.2 Å². The average molecular weight is 585 g/mol. The predicted octanol–water partition coefficient (Wildman–Crippen LogP) is 3.52. The molecule has 2 aliphatic heterocycles. The van der Waals surface area contributed by atoms with Crippen LogP contribution in [0.3, 0.4) is 0 Å². The van der Waals surface area contributed by atoms with E-state index in [1.807, 2.05) is 0 Å². The van der Waals surface area contributed by atoms with Gasteiger partial charge in [0, 0.05) is 73.5 Å². The highest BCUT2D eigenvalue weighted by atomic mass is 16.6. The van der Waals surface area contributed by atoms with Crippen LogP contribution in [0.25, 0.3) is 11.3 Å². The number of carbonyl (C=O) groups excluding carboxylic acids is 3. The van der Waals surface area contributed by atoms with Gasteiger partial charge in [-0.15, -0.1) is 0 Å². The number of carbonyl (C=O) groups is 3. The van der Waals surface area contributed by atoms with E-state index in [0.29, 0.717) is 40.4 Å². The smallest absolute Gasteiger partial charge is 0.337 e. The highest BCUT2D eigenvalue weighted by molar-refractivity contribution is 6.37. The van der Waals surface area contributed by atoms with Crippen LogP contribution in [-0.4, -0.2) is 86.4 Å². The van der Waals surface area contributed by atoms with Crippen LogP contribution in [0.4, 0.5) is 22.7 Å². The number of non-ortho nitro benzene ring substituents is 1. The molecule has 0 bridgehead atoms. The van der Waals surface area contributed by atoms with Crippen molar-refractivity contribution in [3.63, 3.8) is 0 Å². The van der Waals surface area contributed by atoms with E-state index in [4.69, 9.17) is 4.74 Å². The molecule has 1 saturated heterocycles. The van der Waals surface area contributed by atoms with E-state index in [2.05, 4.69) is 27.5 Å². The van der Waals surface area contributed by atoms with Crippen LogP contribution in [0.1, 0.15) is 21.5 Å². The van der Waals surface area contributed by atoms with Crippen LogP contribution in [0.2, 0.25) is 0 Å². The fourth-order valence-corrected chi connectivity index (χ4v) is 5.07. The lowest BCUT2D eigenvalue weighted by atomic mass is 9.98. The van der Waals surface area contributed by atoms with Gasteiger partial charge >= 0.3 is 5.97 Å². The number of fused-ring (bicyclic) bond motifs is 1. The van der Waals surface area contributed by atoms with Gasteiger partial charge in [-0.1, -0.05) is 12.1 Å². The van der Waals surface area contributed by atoms with Crippen LogP contribution >= 0.6 is 0 Å². The second-order valence-electron chi connectivity index (χ2n) is 10.5. The number of ether oxygens (including phenoxy) is 1. The number of esters is 1. The summed E-state index contributed by atoms with van der Waals surface area (Å²) >= 11 is 0. The van der Waals surface area contributed by atoms with Crippen molar-refractivity contribution in [2.75, 3.05) is 69.5 Å². The van der Waals surface area contributed by atoms with Crippen molar-refractivity contribution < 1.29 is 24.0 Å². The first-order valence-corrected chi connectivity index (χ1v) is 13.7. The van der Waals surface area contributed by atoms with Crippen molar-refractivity contribution >= 4 is 51.8 Å². The number of rotatable bonds is 8. The molecule has 0 aromatic heterocycles. The average Bonchev–Trinajstić information content (AvgIpc) is 3.35. The molecule has 0 radical (unpaired) electrons. The van der Waals surface area contributed by atoms with Crippen LogP contribution < -0.4 is 15.5 Å². The third-order valence-electron chi connectivity index (χ3n) is 7.63. The maximum atomic E-state index is 13.3. The summed E-state index contributed by atoms with van der Waals surface area (Å²) in [5, 5.41) is 17.6. The quantitative estimate of drug-likeness (QED) is 0.176. The van der Waals surface area contributed by atoms with E-state index >= 15 is 0 Å². The molecule has 12 nitrogen and oxygen atoms in total. The van der Waals surface area contributed by atoms with Crippen molar-refractivity contribution in [2.24, 2.45) is 0 Å². The Morgan fingerprint density at radius 2 is 1.74 bits per heavy atom. The molecule has 0 unspecified atom stereocenters. The lowest BCUT2D eigenvalue weighted by molar-refractivity contribution is -0.384. The fraction of sp³-hybridized carbons (Fsp3) is 0.258. The first-order chi connectivity index (χ1) is 20.6. The maximum absolute atomic E-state index is 13.3. The van der Waals surface area contributed by atoms with Crippen molar-refractivity contribution in [3.8, 4) is 0 Å². The molecular formula is C31H32N6O6. The zero-order valence-electron chi connectivity index (χ0n) is 24.1. The first-order valence-electron chi connectivity index (χ1n) is 13.7. The zero-order chi connectivity index (χ0) is 30.7. The predicted molar refractivity (Wildman–Crippen MR) is 164 cm³/mol. The Hall–Kier alpha value is -5.07. The number of likely N-dealkylation sites (N-methyl/N-ethyl adjacent to an activating group) is 2. The second kappa shape index (κ2) is 12.4. The lowest BCUT2D eigenvalue weighted by Gasteiger charge is -2.32. The Morgan fingerprint density at radius 1 is 1.02 bits per heavy atom. The minimum absolute atomic E-state index is 0.0229. The summed E-state index contributed by atoms with van der Waals surface area (Å²) in [7, 11) is 5.07. The standard InChI is InChI=1S/C31H32N6O6/c1-34-13-15-36(16-14-34)19-27(38)35(2)23-10-8-22(9-11-23)32-29(20-5-4-6-24(17-20)37(41)42)28-25-18-21(31(40)43-3)7-12-26(25)33-30(28)39/h4-12,17-18,32H,13-16,19H2,1-3H3,(H,33,39)/b29-28-. The van der Waals surface area contributed by atoms with Gasteiger partial charge in [-0.2, -0.15) is 0 Å². The molecule has 3 aromatic carbocycles. The van der Waals surface area contributed by atoms with Gasteiger partial charge in [-0.05, 0) is 49.5 Å². The SMILES string of the molecule is COC(=O)c1ccc2c(c1)/C(=C(/Nc1ccc(N(C)C(=O)CN3CCN(C)CC3)cc1)c1cccc([N+](=O)[O-])c1)C(=O)N2. The van der Waals surface area contributed by atoms with Crippen molar-refractivity contribution in [1.29, 1.82) is 0 Å². The maximum Gasteiger partial charge on any atom is 0.337 e. The second-order valence-corrected chi connectivity index (χ2v) is 10.5. The van der Waals surface area contributed by atoms with E-state index < -0.39 is 16.8 Å². The number of piperazine rings is 1. The highest BCUT2D eigenvalue weighted by Crippen LogP contribution is 2.39. The third-order valence-corrected chi connectivity index (χ3v) is 7.63. The van der Waals surface area contributed by atoms with Gasteiger partial charge in [0.15, 0.2) is 0 Å². The molecule has 0 aliphatic carbocycles. The van der Waals surface area contributed by atoms with Gasteiger partial charge in [0.05, 0.1) is 35.4 Å². The Balaban J connectivity index is 1.47. The highest BCUT2D eigenvalue weighted by Gasteiger charge is 2.30. The molecular weight excluding hydrogens is 552 g/mol. The van der Waals surface area contributed by atoms with E-state index in [-0.39, 0.29) is 22.7 Å². The van der Waals surface area contributed by atoms with Crippen molar-refractivity contribution in [2.45, 2.75) is 0 Å². The van der Waals surface area contributed by atoms with Gasteiger partial charge < -0.3 is 25.2 Å². The summed E-state index contributed by atoms with van der Waals surface area (Å²) in [6, 6.07) is 17.8. The van der Waals surface area contributed by atoms with E-state index in [9.17, 15) is 24.5 Å². The van der Waals surface area contributed by atoms with Gasteiger partial charge in [-0.25, -0.2) is 4.79 Å². The number of nitrogens with one attached hydrogen (secondary N) is 2. The Morgan fingerprint density at radius 3 is 2.42 bits per heavy atom. The molecule has 0 spiro atoms. The minimum atomic E-state index is -0.562. The van der Waals surface area contributed by atoms with Gasteiger partial charge in [-0.3, -0.25) is 24.6 Å². The molecule has 0 saturated carbocycles. The topological polar surface area (TPSA) is 137 Å². The van der Waals surface area contributed by atoms with Crippen LogP contribution in [-0.2, 0) is 14.3 Å². The molecule has 2 heterocycles. The number of nitrogens with zero attached hydrogens (tertiary/aromatic N) is 4. The summed E-state index contributed by atoms with van der Waals surface area (Å²) in [6.45, 7) is 3.85. The largest absolute Gasteiger partial charge is 0.465 e. The molecule has 1 fully saturated rings. The number of nitro benzene ring substituents is 1. The van der Waals surface area contributed by atoms with E-state index in [1.54, 1.807) is 66.5 Å². The first kappa shape index (κ1) is 29.4. The summed E-state index contributed by atoms with van der Waals surface area (Å²) in [5.74, 6) is -1.02. The van der Waals surface area contributed by atoms with Crippen LogP contribution in [0.5, 0.6) is 0 Å². The third kappa shape index (κ3) is 6.40. The molecule has 2 aliphatic rings. The zero-order valence-corrected chi connectivity index (χ0v) is 24.1. The Kier molecular flexibility index (Phi) is 8.51. The summed E-state index contributed by atoms with van der Waals surface area (Å²) < 4.78 is 4.85. The van der Waals surface area contributed by atoms with Crippen LogP contribution in [0.15, 0.2) is 66.7 Å². The summed E-state index contributed by atoms with van der Waals surface area (Å²) in [6.07, 6.45) is 0. The molecule has 5 rings (SSSR count). The lowest BCUT2D eigenvalue weighted by Crippen LogP contribution is -2.48. The van der Waals surface area contributed by atoms with Crippen molar-refractivity contribution in [1.82, 2.24) is 9.80 Å². The number of methoxy groups -OCH3 is 1. The molecule has 222 valence electrons. The van der Waals surface area contributed by atoms with E-state index in [1.165, 1.54) is 19.2 Å². The molecule has 12 heteroatoms. The molecule has 2 N–H and O–H groups in total. The van der Waals surface area contributed by atoms with Gasteiger partial charge in [0.1, 0.15) is 0 Å². The van der Waals surface area contributed by atoms with Gasteiger partial charge in [0.2, 0.25) is 5.91 Å². The minimum Gasteiger partial charge on any atom is -0.465 e. The summed E-state index contributed by atoms with van der Waals surface area (Å²) in [4.78, 5) is 55.6. The monoisotopic (exact) mass is 584 g/mol. The number of amides is 2. The molecule has 43 heavy (non-hydrogen) atoms. The molecule has 2 amide bonds. The normalized spacial score (nSPS) is 16.2. The van der Waals surface area contributed by atoms with Gasteiger partial charge in [0.25, 0.3) is 11.6 Å². The number of nitro groups is 1. The summed E-state index contributed by atoms with van der Waals surface area (Å²) in [5.41, 5.74) is 3.26. The van der Waals surface area contributed by atoms with Crippen molar-refractivity contribution in [3.05, 3.63) is 93.5 Å². The molecule has 3 aromatic rings. The van der Waals surface area contributed by atoms with Crippen LogP contribution in [0, 0.1) is 10.1 Å². The number of benzene rings is 3. The Bertz CT molecular complexity index is 1610. The molecule has 0 atom stereocenters. The Labute approximate surface area is 248 Å².